The van der Waals surface area contributed by atoms with Crippen molar-refractivity contribution >= 4 is 27.6 Å². The number of carboxylic acids is 1. The Morgan fingerprint density at radius 3 is 2.83 bits per heavy atom. The zero-order valence-corrected chi connectivity index (χ0v) is 10.7. The second-order valence-corrected chi connectivity index (χ2v) is 4.37. The van der Waals surface area contributed by atoms with Gasteiger partial charge in [0.1, 0.15) is 0 Å². The SMILES string of the molecule is O=C(O)c1ccc(NCc2ccoc2)c(F)c1Br. The number of rotatable bonds is 4. The predicted molar refractivity (Wildman–Crippen MR) is 67.1 cm³/mol. The van der Waals surface area contributed by atoms with Gasteiger partial charge in [-0.2, -0.15) is 0 Å². The lowest BCUT2D eigenvalue weighted by Crippen LogP contribution is -2.04. The molecule has 18 heavy (non-hydrogen) atoms. The maximum atomic E-state index is 13.9. The van der Waals surface area contributed by atoms with Gasteiger partial charge in [0.05, 0.1) is 28.2 Å². The zero-order valence-electron chi connectivity index (χ0n) is 9.11. The number of nitrogens with one attached hydrogen (secondary N) is 1. The Hall–Kier alpha value is -1.82. The lowest BCUT2D eigenvalue weighted by Gasteiger charge is -2.09. The third-order valence-electron chi connectivity index (χ3n) is 2.38. The van der Waals surface area contributed by atoms with Gasteiger partial charge in [-0.1, -0.05) is 0 Å². The lowest BCUT2D eigenvalue weighted by atomic mass is 10.2. The number of furan rings is 1. The fourth-order valence-corrected chi connectivity index (χ4v) is 1.96. The Labute approximate surface area is 111 Å². The molecule has 0 aliphatic carbocycles. The first-order valence-electron chi connectivity index (χ1n) is 5.06. The average molecular weight is 314 g/mol. The molecule has 4 nitrogen and oxygen atoms in total. The molecule has 94 valence electrons. The van der Waals surface area contributed by atoms with Gasteiger partial charge in [-0.05, 0) is 34.1 Å². The lowest BCUT2D eigenvalue weighted by molar-refractivity contribution is 0.0695. The fraction of sp³-hybridized carbons (Fsp3) is 0.0833. The molecule has 0 spiro atoms. The van der Waals surface area contributed by atoms with Crippen molar-refractivity contribution in [2.45, 2.75) is 6.54 Å². The maximum absolute atomic E-state index is 13.9. The molecule has 2 aromatic rings. The van der Waals surface area contributed by atoms with E-state index in [2.05, 4.69) is 21.2 Å². The summed E-state index contributed by atoms with van der Waals surface area (Å²) in [4.78, 5) is 10.8. The van der Waals surface area contributed by atoms with Gasteiger partial charge in [-0.25, -0.2) is 9.18 Å². The summed E-state index contributed by atoms with van der Waals surface area (Å²) in [5, 5.41) is 11.7. The topological polar surface area (TPSA) is 62.5 Å². The molecule has 0 amide bonds. The van der Waals surface area contributed by atoms with E-state index in [1.54, 1.807) is 12.3 Å². The average Bonchev–Trinajstić information content (AvgIpc) is 2.83. The number of hydrogen-bond acceptors (Lipinski definition) is 3. The van der Waals surface area contributed by atoms with Crippen LogP contribution in [-0.2, 0) is 6.54 Å². The van der Waals surface area contributed by atoms with E-state index in [9.17, 15) is 9.18 Å². The number of aromatic carboxylic acids is 1. The van der Waals surface area contributed by atoms with E-state index in [0.717, 1.165) is 5.56 Å². The highest BCUT2D eigenvalue weighted by Gasteiger charge is 2.15. The maximum Gasteiger partial charge on any atom is 0.336 e. The van der Waals surface area contributed by atoms with Crippen LogP contribution in [0.3, 0.4) is 0 Å². The van der Waals surface area contributed by atoms with Crippen LogP contribution in [-0.4, -0.2) is 11.1 Å². The van der Waals surface area contributed by atoms with Crippen LogP contribution >= 0.6 is 15.9 Å². The van der Waals surface area contributed by atoms with E-state index in [1.807, 2.05) is 0 Å². The summed E-state index contributed by atoms with van der Waals surface area (Å²) in [6.07, 6.45) is 3.07. The van der Waals surface area contributed by atoms with Crippen molar-refractivity contribution in [1.29, 1.82) is 0 Å². The molecule has 6 heteroatoms. The summed E-state index contributed by atoms with van der Waals surface area (Å²) < 4.78 is 18.7. The zero-order chi connectivity index (χ0) is 13.1. The van der Waals surface area contributed by atoms with Crippen molar-refractivity contribution in [2.75, 3.05) is 5.32 Å². The molecular weight excluding hydrogens is 305 g/mol. The van der Waals surface area contributed by atoms with E-state index >= 15 is 0 Å². The molecular formula is C12H9BrFNO3. The molecule has 0 aliphatic heterocycles. The summed E-state index contributed by atoms with van der Waals surface area (Å²) in [6, 6.07) is 4.49. The molecule has 0 radical (unpaired) electrons. The molecule has 0 bridgehead atoms. The molecule has 0 saturated carbocycles. The Balaban J connectivity index is 2.19. The summed E-state index contributed by atoms with van der Waals surface area (Å²) in [5.74, 6) is -1.81. The Kier molecular flexibility index (Phi) is 3.66. The summed E-state index contributed by atoms with van der Waals surface area (Å²) in [5.41, 5.74) is 0.988. The third-order valence-corrected chi connectivity index (χ3v) is 3.15. The quantitative estimate of drug-likeness (QED) is 0.907. The minimum Gasteiger partial charge on any atom is -0.478 e. The van der Waals surface area contributed by atoms with Gasteiger partial charge in [-0.15, -0.1) is 0 Å². The number of carbonyl (C=O) groups is 1. The van der Waals surface area contributed by atoms with E-state index in [0.29, 0.717) is 6.54 Å². The molecule has 1 aromatic heterocycles. The minimum absolute atomic E-state index is 0.0628. The van der Waals surface area contributed by atoms with Gasteiger partial charge in [-0.3, -0.25) is 0 Å². The van der Waals surface area contributed by atoms with Crippen LogP contribution in [0.15, 0.2) is 39.6 Å². The molecule has 1 heterocycles. The second kappa shape index (κ2) is 5.22. The highest BCUT2D eigenvalue weighted by molar-refractivity contribution is 9.10. The van der Waals surface area contributed by atoms with Crippen LogP contribution in [0.2, 0.25) is 0 Å². The van der Waals surface area contributed by atoms with Crippen molar-refractivity contribution < 1.29 is 18.7 Å². The van der Waals surface area contributed by atoms with Gasteiger partial charge < -0.3 is 14.8 Å². The summed E-state index contributed by atoms with van der Waals surface area (Å²) in [6.45, 7) is 0.395. The van der Waals surface area contributed by atoms with Gasteiger partial charge >= 0.3 is 5.97 Å². The fourth-order valence-electron chi connectivity index (χ4n) is 1.44. The summed E-state index contributed by atoms with van der Waals surface area (Å²) in [7, 11) is 0. The van der Waals surface area contributed by atoms with Crippen molar-refractivity contribution in [3.8, 4) is 0 Å². The van der Waals surface area contributed by atoms with Crippen molar-refractivity contribution in [3.05, 3.63) is 52.1 Å². The smallest absolute Gasteiger partial charge is 0.336 e. The van der Waals surface area contributed by atoms with Crippen molar-refractivity contribution in [3.63, 3.8) is 0 Å². The van der Waals surface area contributed by atoms with Gasteiger partial charge in [0.2, 0.25) is 0 Å². The van der Waals surface area contributed by atoms with E-state index in [1.165, 1.54) is 18.4 Å². The third kappa shape index (κ3) is 2.53. The Morgan fingerprint density at radius 2 is 2.22 bits per heavy atom. The molecule has 0 unspecified atom stereocenters. The standard InChI is InChI=1S/C12H9BrFNO3/c13-10-8(12(16)17)1-2-9(11(10)14)15-5-7-3-4-18-6-7/h1-4,6,15H,5H2,(H,16,17). The number of carboxylic acid groups (broad SMARTS) is 1. The first kappa shape index (κ1) is 12.6. The minimum atomic E-state index is -1.18. The van der Waals surface area contributed by atoms with Crippen molar-refractivity contribution in [2.24, 2.45) is 0 Å². The molecule has 2 rings (SSSR count). The molecule has 0 aliphatic rings. The van der Waals surface area contributed by atoms with Crippen LogP contribution in [0.25, 0.3) is 0 Å². The molecule has 0 saturated heterocycles. The van der Waals surface area contributed by atoms with E-state index in [4.69, 9.17) is 9.52 Å². The molecule has 0 fully saturated rings. The number of halogens is 2. The largest absolute Gasteiger partial charge is 0.478 e. The van der Waals surface area contributed by atoms with Gasteiger partial charge in [0.25, 0.3) is 0 Å². The van der Waals surface area contributed by atoms with E-state index < -0.39 is 11.8 Å². The van der Waals surface area contributed by atoms with E-state index in [-0.39, 0.29) is 15.7 Å². The Bertz CT molecular complexity index is 569. The normalized spacial score (nSPS) is 10.3. The van der Waals surface area contributed by atoms with Gasteiger partial charge in [0, 0.05) is 12.1 Å². The number of anilines is 1. The van der Waals surface area contributed by atoms with Crippen LogP contribution in [0.4, 0.5) is 10.1 Å². The van der Waals surface area contributed by atoms with Crippen molar-refractivity contribution in [1.82, 2.24) is 0 Å². The monoisotopic (exact) mass is 313 g/mol. The molecule has 2 N–H and O–H groups in total. The molecule has 1 aromatic carbocycles. The van der Waals surface area contributed by atoms with Crippen LogP contribution in [0, 0.1) is 5.82 Å². The first-order valence-corrected chi connectivity index (χ1v) is 5.85. The predicted octanol–water partition coefficient (Wildman–Crippen LogP) is 3.49. The highest BCUT2D eigenvalue weighted by atomic mass is 79.9. The first-order chi connectivity index (χ1) is 8.59. The highest BCUT2D eigenvalue weighted by Crippen LogP contribution is 2.27. The van der Waals surface area contributed by atoms with Crippen LogP contribution < -0.4 is 5.32 Å². The van der Waals surface area contributed by atoms with Gasteiger partial charge in [0.15, 0.2) is 5.82 Å². The van der Waals surface area contributed by atoms with Crippen LogP contribution in [0.1, 0.15) is 15.9 Å². The number of benzene rings is 1. The summed E-state index contributed by atoms with van der Waals surface area (Å²) >= 11 is 2.94. The Morgan fingerprint density at radius 1 is 1.44 bits per heavy atom. The number of hydrogen-bond donors (Lipinski definition) is 2. The molecule has 0 atom stereocenters. The van der Waals surface area contributed by atoms with Crippen LogP contribution in [0.5, 0.6) is 0 Å². The second-order valence-electron chi connectivity index (χ2n) is 3.58.